The SMILES string of the molecule is CC(=O)NCCO[C@@H]1O[C@@H](C)[C@@H](O)[C@@H](O)[C@@H]1O. The number of rotatable bonds is 4. The minimum Gasteiger partial charge on any atom is -0.388 e. The maximum atomic E-state index is 10.6. The summed E-state index contributed by atoms with van der Waals surface area (Å²) in [5, 5.41) is 31.0. The fraction of sp³-hybridized carbons (Fsp3) is 0.900. The van der Waals surface area contributed by atoms with Crippen LogP contribution in [-0.4, -0.2) is 65.1 Å². The van der Waals surface area contributed by atoms with Crippen molar-refractivity contribution < 1.29 is 29.6 Å². The molecule has 4 N–H and O–H groups in total. The quantitative estimate of drug-likeness (QED) is 0.428. The molecule has 0 aromatic heterocycles. The third kappa shape index (κ3) is 3.90. The monoisotopic (exact) mass is 249 g/mol. The second-order valence-corrected chi connectivity index (χ2v) is 4.04. The van der Waals surface area contributed by atoms with Crippen LogP contribution in [0.3, 0.4) is 0 Å². The Morgan fingerprint density at radius 2 is 1.94 bits per heavy atom. The van der Waals surface area contributed by atoms with Crippen molar-refractivity contribution in [3.8, 4) is 0 Å². The molecular weight excluding hydrogens is 230 g/mol. The van der Waals surface area contributed by atoms with Crippen LogP contribution in [0.4, 0.5) is 0 Å². The molecule has 0 saturated carbocycles. The van der Waals surface area contributed by atoms with E-state index in [1.54, 1.807) is 6.92 Å². The normalized spacial score (nSPS) is 37.8. The molecule has 0 radical (unpaired) electrons. The van der Waals surface area contributed by atoms with Gasteiger partial charge in [-0.3, -0.25) is 4.79 Å². The highest BCUT2D eigenvalue weighted by molar-refractivity contribution is 5.72. The van der Waals surface area contributed by atoms with Gasteiger partial charge in [0.15, 0.2) is 6.29 Å². The predicted octanol–water partition coefficient (Wildman–Crippen LogP) is -2.03. The van der Waals surface area contributed by atoms with E-state index in [4.69, 9.17) is 9.47 Å². The maximum absolute atomic E-state index is 10.6. The molecule has 7 heteroatoms. The Morgan fingerprint density at radius 1 is 1.29 bits per heavy atom. The van der Waals surface area contributed by atoms with Gasteiger partial charge in [0.2, 0.25) is 5.91 Å². The van der Waals surface area contributed by atoms with E-state index in [2.05, 4.69) is 5.32 Å². The molecule has 1 heterocycles. The predicted molar refractivity (Wildman–Crippen MR) is 57.0 cm³/mol. The van der Waals surface area contributed by atoms with Crippen LogP contribution < -0.4 is 5.32 Å². The summed E-state index contributed by atoms with van der Waals surface area (Å²) in [6, 6.07) is 0. The van der Waals surface area contributed by atoms with Crippen LogP contribution in [0.25, 0.3) is 0 Å². The average molecular weight is 249 g/mol. The first-order chi connectivity index (χ1) is 7.93. The van der Waals surface area contributed by atoms with E-state index in [0.717, 1.165) is 0 Å². The van der Waals surface area contributed by atoms with Crippen LogP contribution in [0, 0.1) is 0 Å². The van der Waals surface area contributed by atoms with Crippen LogP contribution >= 0.6 is 0 Å². The number of amides is 1. The lowest BCUT2D eigenvalue weighted by atomic mass is 10.0. The third-order valence-electron chi connectivity index (χ3n) is 2.57. The number of nitrogens with one attached hydrogen (secondary N) is 1. The Morgan fingerprint density at radius 3 is 2.53 bits per heavy atom. The Bertz CT molecular complexity index is 261. The van der Waals surface area contributed by atoms with Crippen molar-refractivity contribution in [3.05, 3.63) is 0 Å². The van der Waals surface area contributed by atoms with Crippen LogP contribution in [-0.2, 0) is 14.3 Å². The highest BCUT2D eigenvalue weighted by Crippen LogP contribution is 2.21. The van der Waals surface area contributed by atoms with Gasteiger partial charge in [0, 0.05) is 13.5 Å². The molecule has 0 unspecified atom stereocenters. The van der Waals surface area contributed by atoms with Gasteiger partial charge in [-0.1, -0.05) is 0 Å². The molecule has 100 valence electrons. The molecule has 1 aliphatic heterocycles. The molecule has 1 rings (SSSR count). The standard InChI is InChI=1S/C10H19NO6/c1-5-7(13)8(14)9(15)10(17-5)16-4-3-11-6(2)12/h5,7-10,13-15H,3-4H2,1-2H3,(H,11,12)/t5-,7+,8+,9-,10+/m0/s1. The molecule has 0 aliphatic carbocycles. The molecule has 1 amide bonds. The summed E-state index contributed by atoms with van der Waals surface area (Å²) in [6.45, 7) is 3.39. The molecule has 0 spiro atoms. The number of hydrogen-bond acceptors (Lipinski definition) is 6. The second-order valence-electron chi connectivity index (χ2n) is 4.04. The van der Waals surface area contributed by atoms with Gasteiger partial charge in [0.25, 0.3) is 0 Å². The summed E-state index contributed by atoms with van der Waals surface area (Å²) in [4.78, 5) is 10.6. The van der Waals surface area contributed by atoms with Crippen molar-refractivity contribution in [1.29, 1.82) is 0 Å². The summed E-state index contributed by atoms with van der Waals surface area (Å²) >= 11 is 0. The molecule has 5 atom stereocenters. The average Bonchev–Trinajstić information content (AvgIpc) is 2.27. The van der Waals surface area contributed by atoms with E-state index in [1.165, 1.54) is 6.92 Å². The van der Waals surface area contributed by atoms with Crippen molar-refractivity contribution in [3.63, 3.8) is 0 Å². The summed E-state index contributed by atoms with van der Waals surface area (Å²) in [7, 11) is 0. The Balaban J connectivity index is 2.35. The van der Waals surface area contributed by atoms with Crippen molar-refractivity contribution in [2.24, 2.45) is 0 Å². The van der Waals surface area contributed by atoms with Gasteiger partial charge >= 0.3 is 0 Å². The zero-order chi connectivity index (χ0) is 13.0. The summed E-state index contributed by atoms with van der Waals surface area (Å²) < 4.78 is 10.4. The summed E-state index contributed by atoms with van der Waals surface area (Å²) in [5.74, 6) is -0.178. The number of aliphatic hydroxyl groups is 3. The van der Waals surface area contributed by atoms with Crippen molar-refractivity contribution in [2.45, 2.75) is 44.6 Å². The van der Waals surface area contributed by atoms with E-state index in [1.807, 2.05) is 0 Å². The van der Waals surface area contributed by atoms with E-state index in [-0.39, 0.29) is 19.1 Å². The lowest BCUT2D eigenvalue weighted by molar-refractivity contribution is -0.292. The van der Waals surface area contributed by atoms with Gasteiger partial charge in [-0.25, -0.2) is 0 Å². The maximum Gasteiger partial charge on any atom is 0.216 e. The summed E-state index contributed by atoms with van der Waals surface area (Å²) in [5.41, 5.74) is 0. The first-order valence-electron chi connectivity index (χ1n) is 5.49. The van der Waals surface area contributed by atoms with Crippen LogP contribution in [0.15, 0.2) is 0 Å². The number of aliphatic hydroxyl groups excluding tert-OH is 3. The summed E-state index contributed by atoms with van der Waals surface area (Å²) in [6.07, 6.45) is -5.38. The molecule has 1 fully saturated rings. The molecule has 0 bridgehead atoms. The first kappa shape index (κ1) is 14.3. The van der Waals surface area contributed by atoms with E-state index >= 15 is 0 Å². The lowest BCUT2D eigenvalue weighted by Crippen LogP contribution is -2.57. The van der Waals surface area contributed by atoms with Gasteiger partial charge in [-0.05, 0) is 6.92 Å². The van der Waals surface area contributed by atoms with Gasteiger partial charge in [-0.2, -0.15) is 0 Å². The smallest absolute Gasteiger partial charge is 0.216 e. The van der Waals surface area contributed by atoms with Gasteiger partial charge in [0.1, 0.15) is 18.3 Å². The van der Waals surface area contributed by atoms with E-state index in [9.17, 15) is 20.1 Å². The third-order valence-corrected chi connectivity index (χ3v) is 2.57. The topological polar surface area (TPSA) is 108 Å². The van der Waals surface area contributed by atoms with Gasteiger partial charge in [-0.15, -0.1) is 0 Å². The Kier molecular flexibility index (Phi) is 5.29. The molecular formula is C10H19NO6. The largest absolute Gasteiger partial charge is 0.388 e. The van der Waals surface area contributed by atoms with Gasteiger partial charge < -0.3 is 30.1 Å². The van der Waals surface area contributed by atoms with Crippen molar-refractivity contribution in [1.82, 2.24) is 5.32 Å². The number of carbonyl (C=O) groups is 1. The highest BCUT2D eigenvalue weighted by Gasteiger charge is 2.42. The molecule has 1 aliphatic rings. The number of carbonyl (C=O) groups excluding carboxylic acids is 1. The number of hydrogen-bond donors (Lipinski definition) is 4. The fourth-order valence-electron chi connectivity index (χ4n) is 1.55. The van der Waals surface area contributed by atoms with E-state index < -0.39 is 30.7 Å². The molecule has 1 saturated heterocycles. The van der Waals surface area contributed by atoms with Gasteiger partial charge in [0.05, 0.1) is 12.7 Å². The molecule has 7 nitrogen and oxygen atoms in total. The zero-order valence-corrected chi connectivity index (χ0v) is 9.87. The molecule has 17 heavy (non-hydrogen) atoms. The second kappa shape index (κ2) is 6.27. The lowest BCUT2D eigenvalue weighted by Gasteiger charge is -2.38. The van der Waals surface area contributed by atoms with E-state index in [0.29, 0.717) is 0 Å². The molecule has 0 aromatic carbocycles. The first-order valence-corrected chi connectivity index (χ1v) is 5.49. The minimum atomic E-state index is -1.31. The fourth-order valence-corrected chi connectivity index (χ4v) is 1.55. The number of ether oxygens (including phenoxy) is 2. The minimum absolute atomic E-state index is 0.150. The molecule has 0 aromatic rings. The van der Waals surface area contributed by atoms with Crippen molar-refractivity contribution >= 4 is 5.91 Å². The van der Waals surface area contributed by atoms with Crippen LogP contribution in [0.5, 0.6) is 0 Å². The zero-order valence-electron chi connectivity index (χ0n) is 9.87. The van der Waals surface area contributed by atoms with Crippen molar-refractivity contribution in [2.75, 3.05) is 13.2 Å². The Hall–Kier alpha value is -0.730. The Labute approximate surface area is 99.3 Å². The highest BCUT2D eigenvalue weighted by atomic mass is 16.7. The van der Waals surface area contributed by atoms with Crippen LogP contribution in [0.2, 0.25) is 0 Å². The van der Waals surface area contributed by atoms with Crippen LogP contribution in [0.1, 0.15) is 13.8 Å².